The molecule has 0 bridgehead atoms. The van der Waals surface area contributed by atoms with Crippen LogP contribution in [0.25, 0.3) is 11.0 Å². The van der Waals surface area contributed by atoms with Crippen LogP contribution in [0.2, 0.25) is 0 Å². The van der Waals surface area contributed by atoms with Crippen molar-refractivity contribution in [3.05, 3.63) is 28.2 Å². The predicted octanol–water partition coefficient (Wildman–Crippen LogP) is 3.76. The number of aromatic nitrogens is 2. The molecule has 0 radical (unpaired) electrons. The van der Waals surface area contributed by atoms with Gasteiger partial charge in [0, 0.05) is 12.6 Å². The van der Waals surface area contributed by atoms with Crippen LogP contribution >= 0.6 is 27.5 Å². The van der Waals surface area contributed by atoms with Gasteiger partial charge in [-0.05, 0) is 35.3 Å². The van der Waals surface area contributed by atoms with Crippen molar-refractivity contribution in [2.75, 3.05) is 6.54 Å². The summed E-state index contributed by atoms with van der Waals surface area (Å²) in [6.45, 7) is 4.38. The highest BCUT2D eigenvalue weighted by Gasteiger charge is 2.21. The van der Waals surface area contributed by atoms with E-state index in [-0.39, 0.29) is 11.8 Å². The molecule has 2 aromatic rings. The van der Waals surface area contributed by atoms with Gasteiger partial charge in [-0.1, -0.05) is 6.92 Å². The van der Waals surface area contributed by atoms with E-state index in [0.29, 0.717) is 27.9 Å². The van der Waals surface area contributed by atoms with E-state index in [1.54, 1.807) is 17.6 Å². The average molecular weight is 377 g/mol. The first-order valence-corrected chi connectivity index (χ1v) is 8.01. The zero-order valence-corrected chi connectivity index (χ0v) is 14.1. The van der Waals surface area contributed by atoms with E-state index in [4.69, 9.17) is 11.6 Å². The Balaban J connectivity index is 2.50. The Morgan fingerprint density at radius 2 is 2.29 bits per heavy atom. The lowest BCUT2D eigenvalue weighted by atomic mass is 10.2. The van der Waals surface area contributed by atoms with E-state index in [9.17, 15) is 9.18 Å². The molecule has 1 aromatic carbocycles. The summed E-state index contributed by atoms with van der Waals surface area (Å²) < 4.78 is 15.7. The smallest absolute Gasteiger partial charge is 0.242 e. The van der Waals surface area contributed by atoms with Crippen LogP contribution in [-0.2, 0) is 10.7 Å². The van der Waals surface area contributed by atoms with Crippen molar-refractivity contribution >= 4 is 44.5 Å². The standard InChI is InChI=1S/C14H16BrClFN3O/c1-3-4-18-14(21)8(2)20-12-5-9(15)10(17)6-11(12)19-13(20)7-16/h5-6,8H,3-4,7H2,1-2H3,(H,18,21). The van der Waals surface area contributed by atoms with Crippen molar-refractivity contribution in [1.82, 2.24) is 14.9 Å². The molecule has 0 aliphatic rings. The molecule has 1 unspecified atom stereocenters. The summed E-state index contributed by atoms with van der Waals surface area (Å²) in [7, 11) is 0. The lowest BCUT2D eigenvalue weighted by molar-refractivity contribution is -0.123. The summed E-state index contributed by atoms with van der Waals surface area (Å²) in [6.07, 6.45) is 0.863. The van der Waals surface area contributed by atoms with E-state index < -0.39 is 11.9 Å². The van der Waals surface area contributed by atoms with E-state index in [1.165, 1.54) is 6.07 Å². The van der Waals surface area contributed by atoms with E-state index >= 15 is 0 Å². The summed E-state index contributed by atoms with van der Waals surface area (Å²) in [5.41, 5.74) is 1.17. The maximum atomic E-state index is 13.6. The minimum atomic E-state index is -0.465. The number of amides is 1. The second-order valence-corrected chi connectivity index (χ2v) is 5.88. The first-order valence-electron chi connectivity index (χ1n) is 6.69. The number of carbonyl (C=O) groups excluding carboxylic acids is 1. The van der Waals surface area contributed by atoms with Crippen LogP contribution in [0, 0.1) is 5.82 Å². The van der Waals surface area contributed by atoms with E-state index in [1.807, 2.05) is 6.92 Å². The van der Waals surface area contributed by atoms with Crippen molar-refractivity contribution in [3.63, 3.8) is 0 Å². The number of alkyl halides is 1. The highest BCUT2D eigenvalue weighted by atomic mass is 79.9. The Bertz CT molecular complexity index is 674. The van der Waals surface area contributed by atoms with Crippen molar-refractivity contribution in [1.29, 1.82) is 0 Å². The van der Waals surface area contributed by atoms with Gasteiger partial charge in [0.05, 0.1) is 21.4 Å². The van der Waals surface area contributed by atoms with Gasteiger partial charge in [0.1, 0.15) is 17.7 Å². The third-order valence-electron chi connectivity index (χ3n) is 3.24. The molecule has 1 heterocycles. The summed E-state index contributed by atoms with van der Waals surface area (Å²) >= 11 is 9.08. The molecular weight excluding hydrogens is 361 g/mol. The second-order valence-electron chi connectivity index (χ2n) is 4.75. The molecule has 1 aromatic heterocycles. The maximum absolute atomic E-state index is 13.6. The highest BCUT2D eigenvalue weighted by molar-refractivity contribution is 9.10. The zero-order chi connectivity index (χ0) is 15.6. The van der Waals surface area contributed by atoms with Gasteiger partial charge in [-0.2, -0.15) is 0 Å². The van der Waals surface area contributed by atoms with Gasteiger partial charge >= 0.3 is 0 Å². The molecule has 2 rings (SSSR count). The molecule has 0 fully saturated rings. The molecule has 0 saturated carbocycles. The highest BCUT2D eigenvalue weighted by Crippen LogP contribution is 2.27. The number of fused-ring (bicyclic) bond motifs is 1. The summed E-state index contributed by atoms with van der Waals surface area (Å²) in [5.74, 6) is 0.196. The zero-order valence-electron chi connectivity index (χ0n) is 11.8. The number of nitrogens with one attached hydrogen (secondary N) is 1. The predicted molar refractivity (Wildman–Crippen MR) is 85.0 cm³/mol. The first kappa shape index (κ1) is 16.2. The largest absolute Gasteiger partial charge is 0.354 e. The molecule has 4 nitrogen and oxygen atoms in total. The molecule has 21 heavy (non-hydrogen) atoms. The minimum absolute atomic E-state index is 0.108. The van der Waals surface area contributed by atoms with Crippen molar-refractivity contribution in [3.8, 4) is 0 Å². The van der Waals surface area contributed by atoms with Crippen LogP contribution < -0.4 is 5.32 Å². The molecule has 7 heteroatoms. The maximum Gasteiger partial charge on any atom is 0.242 e. The SMILES string of the molecule is CCCNC(=O)C(C)n1c(CCl)nc2cc(F)c(Br)cc21. The van der Waals surface area contributed by atoms with Gasteiger partial charge in [-0.15, -0.1) is 11.6 Å². The minimum Gasteiger partial charge on any atom is -0.354 e. The van der Waals surface area contributed by atoms with Gasteiger partial charge in [-0.25, -0.2) is 9.37 Å². The van der Waals surface area contributed by atoms with Crippen molar-refractivity contribution < 1.29 is 9.18 Å². The van der Waals surface area contributed by atoms with Gasteiger partial charge in [0.2, 0.25) is 5.91 Å². The van der Waals surface area contributed by atoms with Crippen molar-refractivity contribution in [2.45, 2.75) is 32.2 Å². The molecule has 0 aliphatic carbocycles. The average Bonchev–Trinajstić information content (AvgIpc) is 2.81. The topological polar surface area (TPSA) is 46.9 Å². The molecule has 0 saturated heterocycles. The summed E-state index contributed by atoms with van der Waals surface area (Å²) in [5, 5.41) is 2.85. The van der Waals surface area contributed by atoms with Crippen LogP contribution in [0.4, 0.5) is 4.39 Å². The van der Waals surface area contributed by atoms with Gasteiger partial charge in [0.25, 0.3) is 0 Å². The lowest BCUT2D eigenvalue weighted by Gasteiger charge is -2.16. The van der Waals surface area contributed by atoms with Crippen molar-refractivity contribution in [2.24, 2.45) is 0 Å². The molecule has 0 aliphatic heterocycles. The second kappa shape index (κ2) is 6.75. The van der Waals surface area contributed by atoms with Crippen LogP contribution in [0.15, 0.2) is 16.6 Å². The van der Waals surface area contributed by atoms with Crippen LogP contribution in [-0.4, -0.2) is 22.0 Å². The Labute approximate surface area is 135 Å². The molecule has 1 amide bonds. The Hall–Kier alpha value is -1.14. The molecular formula is C14H16BrClFN3O. The van der Waals surface area contributed by atoms with Gasteiger partial charge < -0.3 is 9.88 Å². The van der Waals surface area contributed by atoms with Gasteiger partial charge in [0.15, 0.2) is 0 Å². The number of carbonyl (C=O) groups is 1. The Morgan fingerprint density at radius 3 is 2.90 bits per heavy atom. The fraction of sp³-hybridized carbons (Fsp3) is 0.429. The van der Waals surface area contributed by atoms with Gasteiger partial charge in [-0.3, -0.25) is 4.79 Å². The third-order valence-corrected chi connectivity index (χ3v) is 4.09. The lowest BCUT2D eigenvalue weighted by Crippen LogP contribution is -2.32. The number of hydrogen-bond acceptors (Lipinski definition) is 2. The monoisotopic (exact) mass is 375 g/mol. The van der Waals surface area contributed by atoms with E-state index in [2.05, 4.69) is 26.2 Å². The first-order chi connectivity index (χ1) is 9.99. The molecule has 1 N–H and O–H groups in total. The molecule has 114 valence electrons. The van der Waals surface area contributed by atoms with Crippen LogP contribution in [0.1, 0.15) is 32.1 Å². The fourth-order valence-electron chi connectivity index (χ4n) is 2.18. The Kier molecular flexibility index (Phi) is 5.22. The summed E-state index contributed by atoms with van der Waals surface area (Å²) in [6, 6.07) is 2.49. The van der Waals surface area contributed by atoms with Crippen LogP contribution in [0.5, 0.6) is 0 Å². The third kappa shape index (κ3) is 3.21. The van der Waals surface area contributed by atoms with E-state index in [0.717, 1.165) is 6.42 Å². The fourth-order valence-corrected chi connectivity index (χ4v) is 2.70. The quantitative estimate of drug-likeness (QED) is 0.808. The number of rotatable bonds is 5. The number of nitrogens with zero attached hydrogens (tertiary/aromatic N) is 2. The number of benzene rings is 1. The number of hydrogen-bond donors (Lipinski definition) is 1. The number of imidazole rings is 1. The normalized spacial score (nSPS) is 12.6. The Morgan fingerprint density at radius 1 is 1.57 bits per heavy atom. The summed E-state index contributed by atoms with van der Waals surface area (Å²) in [4.78, 5) is 16.5. The molecule has 0 spiro atoms. The van der Waals surface area contributed by atoms with Crippen LogP contribution in [0.3, 0.4) is 0 Å². The number of halogens is 3. The molecule has 1 atom stereocenters.